The van der Waals surface area contributed by atoms with Crippen molar-refractivity contribution in [2.75, 3.05) is 0 Å². The number of rotatable bonds is 4. The van der Waals surface area contributed by atoms with E-state index in [9.17, 15) is 14.9 Å². The van der Waals surface area contributed by atoms with Crippen molar-refractivity contribution in [3.8, 4) is 0 Å². The molecule has 0 atom stereocenters. The van der Waals surface area contributed by atoms with Crippen LogP contribution in [0.2, 0.25) is 0 Å². The zero-order chi connectivity index (χ0) is 13.7. The van der Waals surface area contributed by atoms with Crippen LogP contribution in [0.3, 0.4) is 0 Å². The smallest absolute Gasteiger partial charge is 0.269 e. The highest BCUT2D eigenvalue weighted by atomic mass is 16.6. The summed E-state index contributed by atoms with van der Waals surface area (Å²) in [5, 5.41) is 10.5. The molecule has 0 amide bonds. The van der Waals surface area contributed by atoms with Crippen LogP contribution in [0.25, 0.3) is 6.08 Å². The van der Waals surface area contributed by atoms with Crippen LogP contribution in [0, 0.1) is 10.1 Å². The zero-order valence-corrected chi connectivity index (χ0v) is 10.5. The normalized spacial score (nSPS) is 15.3. The topological polar surface area (TPSA) is 60.2 Å². The molecular weight excluding hydrogens is 242 g/mol. The van der Waals surface area contributed by atoms with Crippen LogP contribution in [-0.4, -0.2) is 10.7 Å². The van der Waals surface area contributed by atoms with Crippen molar-refractivity contribution in [1.29, 1.82) is 0 Å². The molecule has 98 valence electrons. The summed E-state index contributed by atoms with van der Waals surface area (Å²) in [5.74, 6) is 0.0399. The molecule has 0 N–H and O–H groups in total. The third-order valence-electron chi connectivity index (χ3n) is 3.14. The number of hydrogen-bond donors (Lipinski definition) is 0. The van der Waals surface area contributed by atoms with Crippen molar-refractivity contribution >= 4 is 17.5 Å². The van der Waals surface area contributed by atoms with Gasteiger partial charge in [0, 0.05) is 12.1 Å². The monoisotopic (exact) mass is 257 g/mol. The Kier molecular flexibility index (Phi) is 4.23. The molecule has 1 aliphatic carbocycles. The third kappa shape index (κ3) is 3.61. The van der Waals surface area contributed by atoms with Crippen LogP contribution in [0.1, 0.15) is 31.2 Å². The van der Waals surface area contributed by atoms with Crippen molar-refractivity contribution < 1.29 is 9.72 Å². The zero-order valence-electron chi connectivity index (χ0n) is 10.5. The second kappa shape index (κ2) is 6.09. The molecule has 0 spiro atoms. The SMILES string of the molecule is O=C(C=Cc1ccc([N+](=O)[O-])cc1)C1=CCCCC1. The van der Waals surface area contributed by atoms with E-state index in [1.54, 1.807) is 18.2 Å². The Balaban J connectivity index is 2.03. The number of carbonyl (C=O) groups is 1. The van der Waals surface area contributed by atoms with Gasteiger partial charge in [0.2, 0.25) is 0 Å². The van der Waals surface area contributed by atoms with Gasteiger partial charge in [0.15, 0.2) is 5.78 Å². The predicted molar refractivity (Wildman–Crippen MR) is 73.7 cm³/mol. The van der Waals surface area contributed by atoms with E-state index in [4.69, 9.17) is 0 Å². The van der Waals surface area contributed by atoms with Gasteiger partial charge >= 0.3 is 0 Å². The van der Waals surface area contributed by atoms with Gasteiger partial charge < -0.3 is 0 Å². The lowest BCUT2D eigenvalue weighted by Crippen LogP contribution is -2.02. The van der Waals surface area contributed by atoms with Gasteiger partial charge in [0.25, 0.3) is 5.69 Å². The van der Waals surface area contributed by atoms with Gasteiger partial charge in [-0.3, -0.25) is 14.9 Å². The van der Waals surface area contributed by atoms with E-state index in [1.807, 2.05) is 6.08 Å². The van der Waals surface area contributed by atoms with E-state index < -0.39 is 4.92 Å². The van der Waals surface area contributed by atoms with Gasteiger partial charge in [-0.05, 0) is 55.0 Å². The molecule has 1 aromatic rings. The average Bonchev–Trinajstić information content (AvgIpc) is 2.46. The van der Waals surface area contributed by atoms with Crippen LogP contribution >= 0.6 is 0 Å². The molecule has 0 aromatic heterocycles. The van der Waals surface area contributed by atoms with Crippen molar-refractivity contribution in [1.82, 2.24) is 0 Å². The molecule has 0 radical (unpaired) electrons. The molecule has 0 unspecified atom stereocenters. The molecule has 4 nitrogen and oxygen atoms in total. The summed E-state index contributed by atoms with van der Waals surface area (Å²) in [6, 6.07) is 6.14. The highest BCUT2D eigenvalue weighted by Crippen LogP contribution is 2.19. The van der Waals surface area contributed by atoms with Crippen LogP contribution in [0.4, 0.5) is 5.69 Å². The molecule has 19 heavy (non-hydrogen) atoms. The van der Waals surface area contributed by atoms with Crippen LogP contribution < -0.4 is 0 Å². The van der Waals surface area contributed by atoms with E-state index in [0.29, 0.717) is 0 Å². The fraction of sp³-hybridized carbons (Fsp3) is 0.267. The minimum absolute atomic E-state index is 0.0399. The molecule has 2 rings (SSSR count). The highest BCUT2D eigenvalue weighted by molar-refractivity contribution is 6.06. The molecule has 4 heteroatoms. The first-order valence-corrected chi connectivity index (χ1v) is 6.33. The number of nitro groups is 1. The van der Waals surface area contributed by atoms with E-state index in [2.05, 4.69) is 0 Å². The Morgan fingerprint density at radius 3 is 2.53 bits per heavy atom. The van der Waals surface area contributed by atoms with Gasteiger partial charge in [0.05, 0.1) is 4.92 Å². The second-order valence-corrected chi connectivity index (χ2v) is 4.52. The first-order valence-electron chi connectivity index (χ1n) is 6.33. The fourth-order valence-corrected chi connectivity index (χ4v) is 2.05. The first kappa shape index (κ1) is 13.2. The summed E-state index contributed by atoms with van der Waals surface area (Å²) in [6.45, 7) is 0. The van der Waals surface area contributed by atoms with Gasteiger partial charge in [-0.25, -0.2) is 0 Å². The lowest BCUT2D eigenvalue weighted by Gasteiger charge is -2.08. The largest absolute Gasteiger partial charge is 0.290 e. The summed E-state index contributed by atoms with van der Waals surface area (Å²) in [6.07, 6.45) is 9.30. The summed E-state index contributed by atoms with van der Waals surface area (Å²) in [5.41, 5.74) is 1.72. The number of carbonyl (C=O) groups excluding carboxylic acids is 1. The number of nitro benzene ring substituents is 1. The molecule has 0 saturated carbocycles. The summed E-state index contributed by atoms with van der Waals surface area (Å²) in [4.78, 5) is 22.0. The summed E-state index contributed by atoms with van der Waals surface area (Å²) < 4.78 is 0. The fourth-order valence-electron chi connectivity index (χ4n) is 2.05. The molecule has 0 bridgehead atoms. The third-order valence-corrected chi connectivity index (χ3v) is 3.14. The van der Waals surface area contributed by atoms with E-state index in [-0.39, 0.29) is 11.5 Å². The number of allylic oxidation sites excluding steroid dienone is 3. The van der Waals surface area contributed by atoms with Gasteiger partial charge in [-0.15, -0.1) is 0 Å². The number of nitrogens with zero attached hydrogens (tertiary/aromatic N) is 1. The lowest BCUT2D eigenvalue weighted by atomic mass is 9.96. The minimum atomic E-state index is -0.439. The summed E-state index contributed by atoms with van der Waals surface area (Å²) >= 11 is 0. The Morgan fingerprint density at radius 1 is 1.21 bits per heavy atom. The summed E-state index contributed by atoms with van der Waals surface area (Å²) in [7, 11) is 0. The number of hydrogen-bond acceptors (Lipinski definition) is 3. The number of non-ortho nitro benzene ring substituents is 1. The van der Waals surface area contributed by atoms with Crippen LogP contribution in [0.15, 0.2) is 42.0 Å². The molecule has 0 fully saturated rings. The number of benzene rings is 1. The van der Waals surface area contributed by atoms with Crippen molar-refractivity contribution in [2.24, 2.45) is 0 Å². The number of ketones is 1. The van der Waals surface area contributed by atoms with Crippen LogP contribution in [-0.2, 0) is 4.79 Å². The molecule has 0 aliphatic heterocycles. The predicted octanol–water partition coefficient (Wildman–Crippen LogP) is 3.68. The second-order valence-electron chi connectivity index (χ2n) is 4.52. The molecule has 0 heterocycles. The Labute approximate surface area is 111 Å². The van der Waals surface area contributed by atoms with E-state index >= 15 is 0 Å². The van der Waals surface area contributed by atoms with Gasteiger partial charge in [-0.2, -0.15) is 0 Å². The molecular formula is C15H15NO3. The van der Waals surface area contributed by atoms with E-state index in [1.165, 1.54) is 18.2 Å². The minimum Gasteiger partial charge on any atom is -0.290 e. The maximum Gasteiger partial charge on any atom is 0.269 e. The standard InChI is InChI=1S/C15H15NO3/c17-15(13-4-2-1-3-5-13)11-8-12-6-9-14(10-7-12)16(18)19/h4,6-11H,1-3,5H2. The first-order chi connectivity index (χ1) is 9.16. The van der Waals surface area contributed by atoms with Gasteiger partial charge in [-0.1, -0.05) is 12.2 Å². The van der Waals surface area contributed by atoms with Gasteiger partial charge in [0.1, 0.15) is 0 Å². The van der Waals surface area contributed by atoms with Crippen molar-refractivity contribution in [3.05, 3.63) is 57.7 Å². The molecule has 1 aliphatic rings. The Hall–Kier alpha value is -2.23. The Bertz CT molecular complexity index is 541. The van der Waals surface area contributed by atoms with E-state index in [0.717, 1.165) is 36.8 Å². The highest BCUT2D eigenvalue weighted by Gasteiger charge is 2.09. The van der Waals surface area contributed by atoms with Crippen molar-refractivity contribution in [3.63, 3.8) is 0 Å². The maximum atomic E-state index is 11.9. The lowest BCUT2D eigenvalue weighted by molar-refractivity contribution is -0.384. The van der Waals surface area contributed by atoms with Crippen molar-refractivity contribution in [2.45, 2.75) is 25.7 Å². The molecule has 1 aromatic carbocycles. The van der Waals surface area contributed by atoms with Crippen LogP contribution in [0.5, 0.6) is 0 Å². The quantitative estimate of drug-likeness (QED) is 0.469. The molecule has 0 saturated heterocycles. The average molecular weight is 257 g/mol. The Morgan fingerprint density at radius 2 is 1.95 bits per heavy atom. The maximum absolute atomic E-state index is 11.9.